The molecule has 1 aromatic rings. The van der Waals surface area contributed by atoms with E-state index in [0.29, 0.717) is 12.1 Å². The first kappa shape index (κ1) is 16.4. The molecule has 0 spiro atoms. The lowest BCUT2D eigenvalue weighted by Crippen LogP contribution is -2.41. The normalized spacial score (nSPS) is 10.7. The molecular weight excluding hydrogens is 254 g/mol. The van der Waals surface area contributed by atoms with Crippen molar-refractivity contribution in [3.63, 3.8) is 0 Å². The third kappa shape index (κ3) is 4.20. The van der Waals surface area contributed by atoms with Gasteiger partial charge in [0.2, 0.25) is 0 Å². The van der Waals surface area contributed by atoms with Crippen LogP contribution >= 0.6 is 0 Å². The molecule has 0 aromatic carbocycles. The predicted molar refractivity (Wildman–Crippen MR) is 80.9 cm³/mol. The molecule has 5 heteroatoms. The fraction of sp³-hybridized carbons (Fsp3) is 0.600. The van der Waals surface area contributed by atoms with Crippen LogP contribution in [0.25, 0.3) is 0 Å². The Hall–Kier alpha value is -1.62. The minimum Gasteiger partial charge on any atom is -0.395 e. The van der Waals surface area contributed by atoms with Gasteiger partial charge >= 0.3 is 0 Å². The average Bonchev–Trinajstić information content (AvgIpc) is 2.48. The van der Waals surface area contributed by atoms with Crippen LogP contribution in [-0.2, 0) is 0 Å². The van der Waals surface area contributed by atoms with Gasteiger partial charge in [0.05, 0.1) is 12.2 Å². The molecule has 0 atom stereocenters. The van der Waals surface area contributed by atoms with Gasteiger partial charge in [0.1, 0.15) is 5.82 Å². The molecule has 5 nitrogen and oxygen atoms in total. The molecule has 0 aliphatic rings. The van der Waals surface area contributed by atoms with Crippen LogP contribution in [0.3, 0.4) is 0 Å². The van der Waals surface area contributed by atoms with Crippen LogP contribution < -0.4 is 5.32 Å². The highest BCUT2D eigenvalue weighted by atomic mass is 16.3. The van der Waals surface area contributed by atoms with Crippen molar-refractivity contribution in [2.24, 2.45) is 0 Å². The van der Waals surface area contributed by atoms with E-state index < -0.39 is 0 Å². The first-order valence-corrected chi connectivity index (χ1v) is 7.29. The van der Waals surface area contributed by atoms with Gasteiger partial charge in [0.25, 0.3) is 5.91 Å². The Labute approximate surface area is 121 Å². The number of nitrogens with one attached hydrogen (secondary N) is 1. The Balaban J connectivity index is 2.87. The van der Waals surface area contributed by atoms with Gasteiger partial charge < -0.3 is 15.3 Å². The summed E-state index contributed by atoms with van der Waals surface area (Å²) in [5, 5.41) is 12.3. The molecule has 0 fully saturated rings. The maximum Gasteiger partial charge on any atom is 0.255 e. The second-order valence-electron chi connectivity index (χ2n) is 4.65. The molecule has 0 aliphatic carbocycles. The molecule has 112 valence electrons. The summed E-state index contributed by atoms with van der Waals surface area (Å²) in [7, 11) is 0. The molecule has 1 amide bonds. The molecule has 0 bridgehead atoms. The lowest BCUT2D eigenvalue weighted by Gasteiger charge is -2.30. The molecule has 0 radical (unpaired) electrons. The van der Waals surface area contributed by atoms with Crippen LogP contribution in [0, 0.1) is 0 Å². The largest absolute Gasteiger partial charge is 0.395 e. The smallest absolute Gasteiger partial charge is 0.255 e. The Morgan fingerprint density at radius 3 is 2.50 bits per heavy atom. The monoisotopic (exact) mass is 279 g/mol. The van der Waals surface area contributed by atoms with Crippen LogP contribution in [-0.4, -0.2) is 46.6 Å². The number of aliphatic hydroxyl groups is 1. The number of carbonyl (C=O) groups excluding carboxylic acids is 1. The number of nitrogens with zero attached hydrogens (tertiary/aromatic N) is 2. The average molecular weight is 279 g/mol. The highest BCUT2D eigenvalue weighted by Crippen LogP contribution is 2.14. The molecule has 2 N–H and O–H groups in total. The van der Waals surface area contributed by atoms with E-state index in [1.807, 2.05) is 6.92 Å². The molecular formula is C15H25N3O2. The highest BCUT2D eigenvalue weighted by molar-refractivity contribution is 5.94. The molecule has 0 aliphatic heterocycles. The number of anilines is 1. The van der Waals surface area contributed by atoms with Crippen molar-refractivity contribution in [2.75, 3.05) is 25.0 Å². The number of carbonyl (C=O) groups is 1. The van der Waals surface area contributed by atoms with Gasteiger partial charge in [-0.2, -0.15) is 0 Å². The Bertz CT molecular complexity index is 402. The highest BCUT2D eigenvalue weighted by Gasteiger charge is 2.22. The standard InChI is InChI=1S/C15H25N3O2/c1-4-13(5-2)18(9-10-19)15(20)12-7-8-14(16-6-3)17-11-12/h7-8,11,13,19H,4-6,9-10H2,1-3H3,(H,16,17). The summed E-state index contributed by atoms with van der Waals surface area (Å²) in [5.74, 6) is 0.698. The molecule has 1 aromatic heterocycles. The number of aliphatic hydroxyl groups excluding tert-OH is 1. The number of hydrogen-bond acceptors (Lipinski definition) is 4. The summed E-state index contributed by atoms with van der Waals surface area (Å²) in [6.45, 7) is 7.24. The molecule has 0 saturated carbocycles. The van der Waals surface area contributed by atoms with E-state index in [1.54, 1.807) is 23.2 Å². The van der Waals surface area contributed by atoms with Crippen molar-refractivity contribution < 1.29 is 9.90 Å². The lowest BCUT2D eigenvalue weighted by molar-refractivity contribution is 0.0622. The first-order chi connectivity index (χ1) is 9.67. The molecule has 1 rings (SSSR count). The Morgan fingerprint density at radius 1 is 1.35 bits per heavy atom. The summed E-state index contributed by atoms with van der Waals surface area (Å²) in [6, 6.07) is 3.74. The van der Waals surface area contributed by atoms with Crippen molar-refractivity contribution in [2.45, 2.75) is 39.7 Å². The maximum atomic E-state index is 12.5. The van der Waals surface area contributed by atoms with Gasteiger partial charge in [0, 0.05) is 25.3 Å². The third-order valence-electron chi connectivity index (χ3n) is 3.35. The van der Waals surface area contributed by atoms with Gasteiger partial charge in [-0.05, 0) is 31.9 Å². The molecule has 0 saturated heterocycles. The fourth-order valence-corrected chi connectivity index (χ4v) is 2.26. The summed E-state index contributed by atoms with van der Waals surface area (Å²) in [6.07, 6.45) is 3.35. The van der Waals surface area contributed by atoms with Crippen molar-refractivity contribution >= 4 is 11.7 Å². The number of pyridine rings is 1. The topological polar surface area (TPSA) is 65.5 Å². The van der Waals surface area contributed by atoms with Crippen molar-refractivity contribution in [1.82, 2.24) is 9.88 Å². The first-order valence-electron chi connectivity index (χ1n) is 7.29. The van der Waals surface area contributed by atoms with E-state index in [9.17, 15) is 4.79 Å². The number of hydrogen-bond donors (Lipinski definition) is 2. The van der Waals surface area contributed by atoms with E-state index in [1.165, 1.54) is 0 Å². The number of rotatable bonds is 8. The zero-order valence-corrected chi connectivity index (χ0v) is 12.6. The molecule has 1 heterocycles. The zero-order chi connectivity index (χ0) is 15.0. The van der Waals surface area contributed by atoms with Crippen LogP contribution in [0.2, 0.25) is 0 Å². The third-order valence-corrected chi connectivity index (χ3v) is 3.35. The van der Waals surface area contributed by atoms with Crippen LogP contribution in [0.15, 0.2) is 18.3 Å². The van der Waals surface area contributed by atoms with Gasteiger partial charge in [-0.15, -0.1) is 0 Å². The van der Waals surface area contributed by atoms with Crippen LogP contribution in [0.5, 0.6) is 0 Å². The SMILES string of the molecule is CCNc1ccc(C(=O)N(CCO)C(CC)CC)cn1. The van der Waals surface area contributed by atoms with Gasteiger partial charge in [-0.1, -0.05) is 13.8 Å². The van der Waals surface area contributed by atoms with E-state index in [-0.39, 0.29) is 18.6 Å². The van der Waals surface area contributed by atoms with Crippen molar-refractivity contribution in [3.05, 3.63) is 23.9 Å². The van der Waals surface area contributed by atoms with Gasteiger partial charge in [0.15, 0.2) is 0 Å². The van der Waals surface area contributed by atoms with E-state index >= 15 is 0 Å². The maximum absolute atomic E-state index is 12.5. The Morgan fingerprint density at radius 2 is 2.05 bits per heavy atom. The second-order valence-corrected chi connectivity index (χ2v) is 4.65. The van der Waals surface area contributed by atoms with Crippen LogP contribution in [0.4, 0.5) is 5.82 Å². The summed E-state index contributed by atoms with van der Waals surface area (Å²) in [5.41, 5.74) is 0.562. The summed E-state index contributed by atoms with van der Waals surface area (Å²) < 4.78 is 0. The van der Waals surface area contributed by atoms with Crippen LogP contribution in [0.1, 0.15) is 44.0 Å². The quantitative estimate of drug-likeness (QED) is 0.765. The van der Waals surface area contributed by atoms with E-state index in [0.717, 1.165) is 25.2 Å². The number of aromatic nitrogens is 1. The van der Waals surface area contributed by atoms with Crippen molar-refractivity contribution in [1.29, 1.82) is 0 Å². The fourth-order valence-electron chi connectivity index (χ4n) is 2.26. The van der Waals surface area contributed by atoms with Gasteiger partial charge in [-0.25, -0.2) is 4.98 Å². The van der Waals surface area contributed by atoms with E-state index in [4.69, 9.17) is 5.11 Å². The minimum absolute atomic E-state index is 0.0227. The number of amides is 1. The Kier molecular flexibility index (Phi) is 7.01. The molecule has 20 heavy (non-hydrogen) atoms. The minimum atomic E-state index is -0.0664. The van der Waals surface area contributed by atoms with Crippen molar-refractivity contribution in [3.8, 4) is 0 Å². The summed E-state index contributed by atoms with van der Waals surface area (Å²) in [4.78, 5) is 18.5. The predicted octanol–water partition coefficient (Wildman–Crippen LogP) is 2.14. The lowest BCUT2D eigenvalue weighted by atomic mass is 10.1. The second kappa shape index (κ2) is 8.53. The van der Waals surface area contributed by atoms with Gasteiger partial charge in [-0.3, -0.25) is 4.79 Å². The van der Waals surface area contributed by atoms with E-state index in [2.05, 4.69) is 24.1 Å². The zero-order valence-electron chi connectivity index (χ0n) is 12.6. The summed E-state index contributed by atoms with van der Waals surface area (Å²) >= 11 is 0. The molecule has 0 unspecified atom stereocenters.